The quantitative estimate of drug-likeness (QED) is 0.666. The molecule has 0 aromatic heterocycles. The Kier molecular flexibility index (Phi) is 4.16. The number of benzene rings is 1. The van der Waals surface area contributed by atoms with Crippen LogP contribution in [0.3, 0.4) is 0 Å². The van der Waals surface area contributed by atoms with E-state index in [2.05, 4.69) is 6.07 Å². The van der Waals surface area contributed by atoms with E-state index in [4.69, 9.17) is 0 Å². The number of hydroxylamine groups is 3. The molecule has 1 aliphatic rings. The van der Waals surface area contributed by atoms with Crippen molar-refractivity contribution in [1.29, 1.82) is 0 Å². The highest BCUT2D eigenvalue weighted by atomic mass is 16.5. The van der Waals surface area contributed by atoms with Gasteiger partial charge in [-0.3, -0.25) is 0 Å². The van der Waals surface area contributed by atoms with Gasteiger partial charge in [0.05, 0.1) is 20.6 Å². The minimum Gasteiger partial charge on any atom is -0.633 e. The van der Waals surface area contributed by atoms with Gasteiger partial charge < -0.3 is 15.0 Å². The molecular weight excluding hydrogens is 238 g/mol. The molecule has 0 radical (unpaired) electrons. The van der Waals surface area contributed by atoms with Crippen molar-refractivity contribution in [3.05, 3.63) is 35.0 Å². The second-order valence-electron chi connectivity index (χ2n) is 6.44. The highest BCUT2D eigenvalue weighted by Gasteiger charge is 2.35. The molecule has 0 unspecified atom stereocenters. The zero-order valence-corrected chi connectivity index (χ0v) is 12.1. The van der Waals surface area contributed by atoms with Crippen LogP contribution in [-0.2, 0) is 5.41 Å². The van der Waals surface area contributed by atoms with Gasteiger partial charge in [-0.25, -0.2) is 0 Å². The van der Waals surface area contributed by atoms with E-state index in [1.54, 1.807) is 20.2 Å². The summed E-state index contributed by atoms with van der Waals surface area (Å²) >= 11 is 0. The smallest absolute Gasteiger partial charge is 0.115 e. The van der Waals surface area contributed by atoms with Crippen molar-refractivity contribution in [2.45, 2.75) is 43.9 Å². The van der Waals surface area contributed by atoms with Gasteiger partial charge in [-0.15, -0.1) is 0 Å². The molecule has 3 heteroatoms. The minimum absolute atomic E-state index is 0.0942. The van der Waals surface area contributed by atoms with E-state index in [1.807, 2.05) is 12.1 Å². The van der Waals surface area contributed by atoms with Crippen molar-refractivity contribution in [3.63, 3.8) is 0 Å². The molecule has 0 saturated heterocycles. The fourth-order valence-corrected chi connectivity index (χ4v) is 3.23. The molecule has 0 bridgehead atoms. The van der Waals surface area contributed by atoms with E-state index < -0.39 is 0 Å². The molecule has 106 valence electrons. The van der Waals surface area contributed by atoms with Gasteiger partial charge in [-0.2, -0.15) is 0 Å². The lowest BCUT2D eigenvalue weighted by Crippen LogP contribution is -2.39. The van der Waals surface area contributed by atoms with Crippen LogP contribution in [0.2, 0.25) is 0 Å². The number of phenolic OH excluding ortho intramolecular Hbond substituents is 1. The van der Waals surface area contributed by atoms with Crippen molar-refractivity contribution in [2.75, 3.05) is 20.6 Å². The van der Waals surface area contributed by atoms with Crippen LogP contribution < -0.4 is 0 Å². The number of phenols is 1. The van der Waals surface area contributed by atoms with Crippen LogP contribution in [0, 0.1) is 5.21 Å². The number of quaternary nitrogens is 1. The summed E-state index contributed by atoms with van der Waals surface area (Å²) in [6.07, 6.45) is 6.92. The van der Waals surface area contributed by atoms with E-state index in [9.17, 15) is 10.3 Å². The molecule has 19 heavy (non-hydrogen) atoms. The van der Waals surface area contributed by atoms with E-state index in [-0.39, 0.29) is 10.1 Å². The summed E-state index contributed by atoms with van der Waals surface area (Å²) in [5.74, 6) is 0.332. The predicted molar refractivity (Wildman–Crippen MR) is 77.8 cm³/mol. The van der Waals surface area contributed by atoms with Crippen LogP contribution in [0.4, 0.5) is 0 Å². The van der Waals surface area contributed by atoms with Crippen molar-refractivity contribution in [3.8, 4) is 5.75 Å². The van der Waals surface area contributed by atoms with E-state index >= 15 is 0 Å². The lowest BCUT2D eigenvalue weighted by Gasteiger charge is -2.42. The maximum Gasteiger partial charge on any atom is 0.115 e. The first-order chi connectivity index (χ1) is 8.91. The number of hydrogen-bond donors (Lipinski definition) is 1. The van der Waals surface area contributed by atoms with Gasteiger partial charge in [-0.1, -0.05) is 31.4 Å². The normalized spacial score (nSPS) is 19.3. The zero-order valence-electron chi connectivity index (χ0n) is 12.1. The lowest BCUT2D eigenvalue weighted by molar-refractivity contribution is -0.840. The van der Waals surface area contributed by atoms with Gasteiger partial charge in [0.25, 0.3) is 0 Å². The lowest BCUT2D eigenvalue weighted by atomic mass is 9.67. The van der Waals surface area contributed by atoms with Crippen LogP contribution in [0.25, 0.3) is 0 Å². The third-order valence-electron chi connectivity index (χ3n) is 4.40. The molecule has 1 N–H and O–H groups in total. The Labute approximate surface area is 116 Å². The fourth-order valence-electron chi connectivity index (χ4n) is 3.23. The Morgan fingerprint density at radius 1 is 1.21 bits per heavy atom. The molecule has 1 aromatic rings. The van der Waals surface area contributed by atoms with E-state index in [1.165, 1.54) is 24.8 Å². The van der Waals surface area contributed by atoms with Crippen LogP contribution in [0.15, 0.2) is 24.3 Å². The van der Waals surface area contributed by atoms with Crippen molar-refractivity contribution in [2.24, 2.45) is 0 Å². The van der Waals surface area contributed by atoms with Crippen molar-refractivity contribution in [1.82, 2.24) is 0 Å². The van der Waals surface area contributed by atoms with E-state index in [0.29, 0.717) is 12.3 Å². The summed E-state index contributed by atoms with van der Waals surface area (Å²) in [4.78, 5) is 0. The van der Waals surface area contributed by atoms with Gasteiger partial charge in [-0.05, 0) is 30.5 Å². The Hall–Kier alpha value is -1.06. The molecule has 0 amide bonds. The molecule has 3 nitrogen and oxygen atoms in total. The molecule has 1 aromatic carbocycles. The van der Waals surface area contributed by atoms with Crippen molar-refractivity contribution < 1.29 is 9.75 Å². The molecule has 0 atom stereocenters. The molecular formula is C16H25NO2. The Morgan fingerprint density at radius 2 is 1.89 bits per heavy atom. The maximum atomic E-state index is 11.9. The molecule has 1 fully saturated rings. The van der Waals surface area contributed by atoms with Crippen LogP contribution in [0.5, 0.6) is 5.75 Å². The third-order valence-corrected chi connectivity index (χ3v) is 4.40. The molecule has 1 aliphatic carbocycles. The molecule has 1 saturated carbocycles. The Bertz CT molecular complexity index is 417. The first-order valence-electron chi connectivity index (χ1n) is 7.25. The zero-order chi connectivity index (χ0) is 13.9. The first-order valence-corrected chi connectivity index (χ1v) is 7.25. The van der Waals surface area contributed by atoms with Gasteiger partial charge in [0, 0.05) is 11.8 Å². The summed E-state index contributed by atoms with van der Waals surface area (Å²) in [6.45, 7) is 0.635. The van der Waals surface area contributed by atoms with Gasteiger partial charge in [0.15, 0.2) is 0 Å². The summed E-state index contributed by atoms with van der Waals surface area (Å²) in [6, 6.07) is 7.62. The Morgan fingerprint density at radius 3 is 2.47 bits per heavy atom. The fraction of sp³-hybridized carbons (Fsp3) is 0.625. The third kappa shape index (κ3) is 3.71. The summed E-state index contributed by atoms with van der Waals surface area (Å²) in [7, 11) is 3.41. The van der Waals surface area contributed by atoms with Crippen LogP contribution in [-0.4, -0.2) is 30.4 Å². The maximum absolute atomic E-state index is 11.9. The Balaban J connectivity index is 2.24. The van der Waals surface area contributed by atoms with Gasteiger partial charge in [0.2, 0.25) is 0 Å². The average molecular weight is 263 g/mol. The van der Waals surface area contributed by atoms with Gasteiger partial charge >= 0.3 is 0 Å². The number of aromatic hydroxyl groups is 1. The molecule has 2 rings (SSSR count). The largest absolute Gasteiger partial charge is 0.633 e. The first kappa shape index (κ1) is 14.4. The van der Waals surface area contributed by atoms with Crippen molar-refractivity contribution >= 4 is 0 Å². The van der Waals surface area contributed by atoms with Gasteiger partial charge in [0.1, 0.15) is 5.75 Å². The highest BCUT2D eigenvalue weighted by Crippen LogP contribution is 2.43. The second-order valence-corrected chi connectivity index (χ2v) is 6.44. The average Bonchev–Trinajstić information content (AvgIpc) is 2.37. The molecule has 0 heterocycles. The topological polar surface area (TPSA) is 43.3 Å². The predicted octanol–water partition coefficient (Wildman–Crippen LogP) is 3.56. The standard InChI is InChI=1S/C16H25NO2/c1-17(2,19)12-11-16(9-4-3-5-10-16)14-7-6-8-15(18)13-14/h6-8,13,18H,3-5,9-12H2,1-2H3. The minimum atomic E-state index is -0.236. The number of rotatable bonds is 4. The molecule has 0 spiro atoms. The second kappa shape index (κ2) is 5.51. The van der Waals surface area contributed by atoms with Crippen LogP contribution >= 0.6 is 0 Å². The SMILES string of the molecule is C[N+](C)([O-])CCC1(c2cccc(O)c2)CCCCC1. The monoisotopic (exact) mass is 263 g/mol. The summed E-state index contributed by atoms with van der Waals surface area (Å²) < 4.78 is -0.236. The molecule has 0 aliphatic heterocycles. The highest BCUT2D eigenvalue weighted by molar-refractivity contribution is 5.33. The summed E-state index contributed by atoms with van der Waals surface area (Å²) in [5.41, 5.74) is 1.30. The number of nitrogens with zero attached hydrogens (tertiary/aromatic N) is 1. The summed E-state index contributed by atoms with van der Waals surface area (Å²) in [5, 5.41) is 21.6. The van der Waals surface area contributed by atoms with Crippen LogP contribution in [0.1, 0.15) is 44.1 Å². The number of hydrogen-bond acceptors (Lipinski definition) is 2. The van der Waals surface area contributed by atoms with E-state index in [0.717, 1.165) is 19.3 Å².